The third-order valence-corrected chi connectivity index (χ3v) is 5.65. The van der Waals surface area contributed by atoms with E-state index in [2.05, 4.69) is 9.88 Å². The molecule has 1 aromatic carbocycles. The van der Waals surface area contributed by atoms with Gasteiger partial charge in [0, 0.05) is 51.2 Å². The van der Waals surface area contributed by atoms with Gasteiger partial charge < -0.3 is 20.3 Å². The van der Waals surface area contributed by atoms with Crippen LogP contribution in [0.3, 0.4) is 0 Å². The molecule has 0 saturated carbocycles. The highest BCUT2D eigenvalue weighted by molar-refractivity contribution is 5.82. The molecule has 0 radical (unpaired) electrons. The summed E-state index contributed by atoms with van der Waals surface area (Å²) in [6.45, 7) is 4.24. The molecule has 0 aliphatic carbocycles. The normalized spacial score (nSPS) is 19.5. The Morgan fingerprint density at radius 1 is 1.07 bits per heavy atom. The number of rotatable bonds is 4. The Morgan fingerprint density at radius 2 is 1.79 bits per heavy atom. The van der Waals surface area contributed by atoms with Gasteiger partial charge in [0.1, 0.15) is 5.82 Å². The van der Waals surface area contributed by atoms with Crippen LogP contribution in [0.4, 0.5) is 5.82 Å². The molecule has 0 spiro atoms. The number of ether oxygens (including phenoxy) is 1. The summed E-state index contributed by atoms with van der Waals surface area (Å²) in [6, 6.07) is 11.5. The van der Waals surface area contributed by atoms with Crippen LogP contribution in [0.1, 0.15) is 12.8 Å². The molecule has 2 saturated heterocycles. The van der Waals surface area contributed by atoms with Gasteiger partial charge in [0.15, 0.2) is 5.82 Å². The number of hydrogen-bond acceptors (Lipinski definition) is 6. The fourth-order valence-corrected chi connectivity index (χ4v) is 3.89. The van der Waals surface area contributed by atoms with Gasteiger partial charge in [0.05, 0.1) is 6.04 Å². The highest BCUT2D eigenvalue weighted by Crippen LogP contribution is 2.21. The second-order valence-corrected chi connectivity index (χ2v) is 7.39. The Morgan fingerprint density at radius 3 is 2.50 bits per heavy atom. The van der Waals surface area contributed by atoms with E-state index >= 15 is 0 Å². The topological polar surface area (TPSA) is 84.6 Å². The van der Waals surface area contributed by atoms with Crippen LogP contribution in [0.25, 0.3) is 11.4 Å². The highest BCUT2D eigenvalue weighted by atomic mass is 16.5. The number of anilines is 1. The number of nitrogens with zero attached hydrogens (tertiary/aromatic N) is 4. The first kappa shape index (κ1) is 18.8. The molecule has 1 atom stereocenters. The second-order valence-electron chi connectivity index (χ2n) is 7.39. The van der Waals surface area contributed by atoms with E-state index in [-0.39, 0.29) is 11.8 Å². The van der Waals surface area contributed by atoms with Crippen molar-refractivity contribution in [1.29, 1.82) is 0 Å². The summed E-state index contributed by atoms with van der Waals surface area (Å²) < 4.78 is 5.38. The molecule has 1 amide bonds. The van der Waals surface area contributed by atoms with Gasteiger partial charge in [0.25, 0.3) is 0 Å². The van der Waals surface area contributed by atoms with Crippen molar-refractivity contribution >= 4 is 11.7 Å². The summed E-state index contributed by atoms with van der Waals surface area (Å²) in [6.07, 6.45) is 3.54. The van der Waals surface area contributed by atoms with Crippen molar-refractivity contribution in [3.05, 3.63) is 42.6 Å². The van der Waals surface area contributed by atoms with Gasteiger partial charge in [-0.2, -0.15) is 0 Å². The maximum Gasteiger partial charge on any atom is 0.239 e. The molecule has 1 aromatic heterocycles. The lowest BCUT2D eigenvalue weighted by atomic mass is 9.91. The molecule has 2 aromatic rings. The molecule has 3 heterocycles. The van der Waals surface area contributed by atoms with Crippen LogP contribution >= 0.6 is 0 Å². The van der Waals surface area contributed by atoms with Crippen molar-refractivity contribution in [3.8, 4) is 11.4 Å². The lowest BCUT2D eigenvalue weighted by Crippen LogP contribution is -2.55. The lowest BCUT2D eigenvalue weighted by Gasteiger charge is -2.38. The zero-order valence-electron chi connectivity index (χ0n) is 16.0. The first-order valence-electron chi connectivity index (χ1n) is 9.98. The summed E-state index contributed by atoms with van der Waals surface area (Å²) in [4.78, 5) is 26.0. The van der Waals surface area contributed by atoms with Gasteiger partial charge in [-0.1, -0.05) is 30.3 Å². The largest absolute Gasteiger partial charge is 0.381 e. The third-order valence-electron chi connectivity index (χ3n) is 5.65. The molecule has 148 valence electrons. The zero-order chi connectivity index (χ0) is 19.3. The Kier molecular flexibility index (Phi) is 5.83. The van der Waals surface area contributed by atoms with E-state index in [0.717, 1.165) is 43.1 Å². The van der Waals surface area contributed by atoms with Crippen LogP contribution in [0.5, 0.6) is 0 Å². The Hall–Kier alpha value is -2.51. The van der Waals surface area contributed by atoms with Crippen molar-refractivity contribution in [2.45, 2.75) is 18.9 Å². The van der Waals surface area contributed by atoms with E-state index < -0.39 is 6.04 Å². The minimum absolute atomic E-state index is 0.0687. The van der Waals surface area contributed by atoms with Crippen molar-refractivity contribution in [2.24, 2.45) is 11.7 Å². The van der Waals surface area contributed by atoms with Crippen molar-refractivity contribution in [1.82, 2.24) is 14.9 Å². The highest BCUT2D eigenvalue weighted by Gasteiger charge is 2.31. The Balaban J connectivity index is 1.37. The number of hydrogen-bond donors (Lipinski definition) is 1. The van der Waals surface area contributed by atoms with Crippen LogP contribution in [-0.2, 0) is 9.53 Å². The predicted octanol–water partition coefficient (Wildman–Crippen LogP) is 1.55. The number of aromatic nitrogens is 2. The molecule has 28 heavy (non-hydrogen) atoms. The third kappa shape index (κ3) is 4.15. The minimum Gasteiger partial charge on any atom is -0.381 e. The summed E-state index contributed by atoms with van der Waals surface area (Å²) in [5.41, 5.74) is 7.27. The fourth-order valence-electron chi connectivity index (χ4n) is 3.89. The maximum atomic E-state index is 12.8. The summed E-state index contributed by atoms with van der Waals surface area (Å²) >= 11 is 0. The standard InChI is InChI=1S/C21H27N5O2/c22-19(16-7-14-28-15-8-16)21(27)26-12-10-25(11-13-26)18-6-9-23-20(24-18)17-4-2-1-3-5-17/h1-6,9,16,19H,7-8,10-15,22H2. The maximum absolute atomic E-state index is 12.8. The zero-order valence-corrected chi connectivity index (χ0v) is 16.0. The molecule has 2 aliphatic rings. The van der Waals surface area contributed by atoms with Crippen LogP contribution in [0.15, 0.2) is 42.6 Å². The van der Waals surface area contributed by atoms with Gasteiger partial charge in [-0.05, 0) is 24.8 Å². The SMILES string of the molecule is NC(C(=O)N1CCN(c2ccnc(-c3ccccc3)n2)CC1)C1CCOCC1. The van der Waals surface area contributed by atoms with Gasteiger partial charge in [0.2, 0.25) is 5.91 Å². The number of benzene rings is 1. The summed E-state index contributed by atoms with van der Waals surface area (Å²) in [7, 11) is 0. The van der Waals surface area contributed by atoms with E-state index in [1.54, 1.807) is 6.20 Å². The van der Waals surface area contributed by atoms with Crippen LogP contribution in [0.2, 0.25) is 0 Å². The number of piperazine rings is 1. The fraction of sp³-hybridized carbons (Fsp3) is 0.476. The first-order chi connectivity index (χ1) is 13.7. The van der Waals surface area contributed by atoms with E-state index in [4.69, 9.17) is 15.5 Å². The average Bonchev–Trinajstić information content (AvgIpc) is 2.79. The average molecular weight is 381 g/mol. The predicted molar refractivity (Wildman–Crippen MR) is 108 cm³/mol. The van der Waals surface area contributed by atoms with Gasteiger partial charge in [-0.3, -0.25) is 4.79 Å². The molecule has 1 unspecified atom stereocenters. The number of carbonyl (C=O) groups is 1. The van der Waals surface area contributed by atoms with Crippen molar-refractivity contribution in [3.63, 3.8) is 0 Å². The molecule has 4 rings (SSSR count). The van der Waals surface area contributed by atoms with Crippen molar-refractivity contribution in [2.75, 3.05) is 44.3 Å². The number of nitrogens with two attached hydrogens (primary N) is 1. The van der Waals surface area contributed by atoms with Crippen molar-refractivity contribution < 1.29 is 9.53 Å². The first-order valence-corrected chi connectivity index (χ1v) is 9.98. The van der Waals surface area contributed by atoms with Gasteiger partial charge >= 0.3 is 0 Å². The summed E-state index contributed by atoms with van der Waals surface area (Å²) in [5, 5.41) is 0. The molecule has 7 heteroatoms. The second kappa shape index (κ2) is 8.67. The molecule has 2 aliphatic heterocycles. The molecule has 7 nitrogen and oxygen atoms in total. The Labute approximate surface area is 165 Å². The van der Waals surface area contributed by atoms with E-state index in [1.807, 2.05) is 41.3 Å². The summed E-state index contributed by atoms with van der Waals surface area (Å²) in [5.74, 6) is 1.92. The Bertz CT molecular complexity index is 786. The molecule has 0 bridgehead atoms. The lowest BCUT2D eigenvalue weighted by molar-refractivity contribution is -0.135. The smallest absolute Gasteiger partial charge is 0.239 e. The van der Waals surface area contributed by atoms with E-state index in [9.17, 15) is 4.79 Å². The van der Waals surface area contributed by atoms with E-state index in [1.165, 1.54) is 0 Å². The van der Waals surface area contributed by atoms with Gasteiger partial charge in [-0.25, -0.2) is 9.97 Å². The quantitative estimate of drug-likeness (QED) is 0.865. The number of amides is 1. The molecular weight excluding hydrogens is 354 g/mol. The van der Waals surface area contributed by atoms with Gasteiger partial charge in [-0.15, -0.1) is 0 Å². The minimum atomic E-state index is -0.417. The number of carbonyl (C=O) groups excluding carboxylic acids is 1. The van der Waals surface area contributed by atoms with E-state index in [0.29, 0.717) is 26.3 Å². The van der Waals surface area contributed by atoms with Crippen LogP contribution < -0.4 is 10.6 Å². The molecule has 2 N–H and O–H groups in total. The molecular formula is C21H27N5O2. The van der Waals surface area contributed by atoms with Crippen LogP contribution in [0, 0.1) is 5.92 Å². The van der Waals surface area contributed by atoms with Crippen LogP contribution in [-0.4, -0.2) is 66.2 Å². The monoisotopic (exact) mass is 381 g/mol. The molecule has 2 fully saturated rings.